The van der Waals surface area contributed by atoms with E-state index in [9.17, 15) is 4.79 Å². The first kappa shape index (κ1) is 14.7. The fraction of sp³-hybridized carbons (Fsp3) is 0.583. The van der Waals surface area contributed by atoms with Gasteiger partial charge in [-0.1, -0.05) is 0 Å². The van der Waals surface area contributed by atoms with Gasteiger partial charge in [-0.15, -0.1) is 11.3 Å². The summed E-state index contributed by atoms with van der Waals surface area (Å²) in [7, 11) is 0. The van der Waals surface area contributed by atoms with E-state index < -0.39 is 0 Å². The van der Waals surface area contributed by atoms with Crippen LogP contribution in [0.4, 0.5) is 0 Å². The normalized spacial score (nSPS) is 12.5. The summed E-state index contributed by atoms with van der Waals surface area (Å²) in [4.78, 5) is 15.0. The highest BCUT2D eigenvalue weighted by atomic mass is 79.9. The Kier molecular flexibility index (Phi) is 6.16. The van der Waals surface area contributed by atoms with E-state index in [1.54, 1.807) is 11.3 Å². The number of nitrogens with zero attached hydrogens (tertiary/aromatic N) is 1. The van der Waals surface area contributed by atoms with Crippen LogP contribution in [0.25, 0.3) is 0 Å². The first-order valence-electron chi connectivity index (χ1n) is 5.80. The van der Waals surface area contributed by atoms with Gasteiger partial charge in [0, 0.05) is 23.9 Å². The van der Waals surface area contributed by atoms with Gasteiger partial charge in [-0.25, -0.2) is 0 Å². The quantitative estimate of drug-likeness (QED) is 0.876. The van der Waals surface area contributed by atoms with Gasteiger partial charge in [0.15, 0.2) is 0 Å². The molecule has 96 valence electrons. The molecule has 0 aliphatic carbocycles. The van der Waals surface area contributed by atoms with Crippen molar-refractivity contribution in [2.24, 2.45) is 5.73 Å². The van der Waals surface area contributed by atoms with Gasteiger partial charge in [-0.3, -0.25) is 4.79 Å². The highest BCUT2D eigenvalue weighted by molar-refractivity contribution is 9.11. The average molecular weight is 319 g/mol. The number of carbonyl (C=O) groups excluding carboxylic acids is 1. The zero-order valence-corrected chi connectivity index (χ0v) is 12.7. The molecule has 1 atom stereocenters. The molecular weight excluding hydrogens is 300 g/mol. The predicted molar refractivity (Wildman–Crippen MR) is 76.0 cm³/mol. The van der Waals surface area contributed by atoms with Crippen molar-refractivity contribution in [3.63, 3.8) is 0 Å². The predicted octanol–water partition coefficient (Wildman–Crippen LogP) is 2.99. The van der Waals surface area contributed by atoms with Gasteiger partial charge in [-0.05, 0) is 48.3 Å². The molecule has 1 aromatic rings. The lowest BCUT2D eigenvalue weighted by Gasteiger charge is -2.20. The van der Waals surface area contributed by atoms with Crippen molar-refractivity contribution < 1.29 is 4.79 Å². The van der Waals surface area contributed by atoms with E-state index in [-0.39, 0.29) is 11.9 Å². The summed E-state index contributed by atoms with van der Waals surface area (Å²) in [6.45, 7) is 5.38. The number of nitrogens with two attached hydrogens (primary N) is 1. The van der Waals surface area contributed by atoms with Crippen LogP contribution in [0.15, 0.2) is 15.9 Å². The summed E-state index contributed by atoms with van der Waals surface area (Å²) in [6, 6.07) is 4.16. The number of thiophene rings is 1. The van der Waals surface area contributed by atoms with E-state index in [0.29, 0.717) is 13.0 Å². The molecule has 1 heterocycles. The summed E-state index contributed by atoms with van der Waals surface area (Å²) < 4.78 is 1.10. The van der Waals surface area contributed by atoms with Gasteiger partial charge in [0.25, 0.3) is 0 Å². The molecule has 0 aliphatic heterocycles. The summed E-state index contributed by atoms with van der Waals surface area (Å²) in [6.07, 6.45) is 1.29. The van der Waals surface area contributed by atoms with Crippen molar-refractivity contribution >= 4 is 33.2 Å². The molecule has 3 nitrogen and oxygen atoms in total. The third kappa shape index (κ3) is 5.19. The molecule has 0 fully saturated rings. The fourth-order valence-electron chi connectivity index (χ4n) is 1.51. The second-order valence-electron chi connectivity index (χ2n) is 4.13. The Bertz CT molecular complexity index is 365. The molecule has 0 aliphatic rings. The Morgan fingerprint density at radius 1 is 1.59 bits per heavy atom. The molecule has 0 aromatic carbocycles. The Labute approximate surface area is 115 Å². The van der Waals surface area contributed by atoms with E-state index in [0.717, 1.165) is 16.8 Å². The summed E-state index contributed by atoms with van der Waals surface area (Å²) >= 11 is 5.10. The molecule has 0 saturated carbocycles. The molecule has 1 aromatic heterocycles. The Morgan fingerprint density at radius 2 is 2.29 bits per heavy atom. The first-order valence-corrected chi connectivity index (χ1v) is 7.41. The number of carbonyl (C=O) groups is 1. The molecule has 1 rings (SSSR count). The summed E-state index contributed by atoms with van der Waals surface area (Å²) in [5.41, 5.74) is 5.66. The zero-order chi connectivity index (χ0) is 12.8. The average Bonchev–Trinajstić information content (AvgIpc) is 2.68. The van der Waals surface area contributed by atoms with Crippen molar-refractivity contribution in [1.29, 1.82) is 0 Å². The topological polar surface area (TPSA) is 46.3 Å². The third-order valence-corrected chi connectivity index (χ3v) is 4.13. The van der Waals surface area contributed by atoms with Crippen molar-refractivity contribution in [2.75, 3.05) is 6.54 Å². The van der Waals surface area contributed by atoms with Crippen LogP contribution in [-0.2, 0) is 11.3 Å². The molecule has 17 heavy (non-hydrogen) atoms. The highest BCUT2D eigenvalue weighted by Gasteiger charge is 2.13. The highest BCUT2D eigenvalue weighted by Crippen LogP contribution is 2.23. The molecular formula is C12H19BrN2OS. The smallest absolute Gasteiger partial charge is 0.222 e. The maximum absolute atomic E-state index is 12.0. The molecule has 0 saturated heterocycles. The molecule has 0 spiro atoms. The minimum absolute atomic E-state index is 0.0912. The van der Waals surface area contributed by atoms with Gasteiger partial charge in [0.1, 0.15) is 0 Å². The summed E-state index contributed by atoms with van der Waals surface area (Å²) in [5.74, 6) is 0.189. The van der Waals surface area contributed by atoms with Crippen LogP contribution < -0.4 is 5.73 Å². The van der Waals surface area contributed by atoms with Crippen molar-refractivity contribution in [1.82, 2.24) is 4.90 Å². The molecule has 1 unspecified atom stereocenters. The van der Waals surface area contributed by atoms with E-state index in [1.807, 2.05) is 24.8 Å². The van der Waals surface area contributed by atoms with Crippen molar-refractivity contribution in [3.8, 4) is 0 Å². The number of hydrogen-bond acceptors (Lipinski definition) is 3. The van der Waals surface area contributed by atoms with Crippen molar-refractivity contribution in [2.45, 2.75) is 39.3 Å². The Balaban J connectivity index is 2.50. The monoisotopic (exact) mass is 318 g/mol. The summed E-state index contributed by atoms with van der Waals surface area (Å²) in [5, 5.41) is 0. The van der Waals surface area contributed by atoms with Gasteiger partial charge >= 0.3 is 0 Å². The molecule has 2 N–H and O–H groups in total. The van der Waals surface area contributed by atoms with Crippen LogP contribution in [-0.4, -0.2) is 23.4 Å². The fourth-order valence-corrected chi connectivity index (χ4v) is 3.01. The Hall–Kier alpha value is -0.390. The maximum Gasteiger partial charge on any atom is 0.222 e. The lowest BCUT2D eigenvalue weighted by Crippen LogP contribution is -2.31. The van der Waals surface area contributed by atoms with E-state index >= 15 is 0 Å². The van der Waals surface area contributed by atoms with Crippen LogP contribution in [0.2, 0.25) is 0 Å². The second kappa shape index (κ2) is 7.13. The first-order chi connectivity index (χ1) is 8.02. The van der Waals surface area contributed by atoms with E-state index in [1.165, 1.54) is 4.88 Å². The number of amides is 1. The number of hydrogen-bond donors (Lipinski definition) is 1. The van der Waals surface area contributed by atoms with E-state index in [4.69, 9.17) is 5.73 Å². The largest absolute Gasteiger partial charge is 0.338 e. The van der Waals surface area contributed by atoms with Crippen molar-refractivity contribution in [3.05, 3.63) is 20.8 Å². The molecule has 5 heteroatoms. The van der Waals surface area contributed by atoms with Crippen LogP contribution in [0.3, 0.4) is 0 Å². The second-order valence-corrected chi connectivity index (χ2v) is 6.68. The minimum atomic E-state index is 0.0912. The van der Waals surface area contributed by atoms with E-state index in [2.05, 4.69) is 22.0 Å². The lowest BCUT2D eigenvalue weighted by molar-refractivity contribution is -0.131. The maximum atomic E-state index is 12.0. The van der Waals surface area contributed by atoms with Gasteiger partial charge in [-0.2, -0.15) is 0 Å². The van der Waals surface area contributed by atoms with Gasteiger partial charge in [0.05, 0.1) is 10.3 Å². The number of rotatable bonds is 6. The van der Waals surface area contributed by atoms with Crippen LogP contribution in [0.5, 0.6) is 0 Å². The molecule has 1 amide bonds. The zero-order valence-electron chi connectivity index (χ0n) is 10.3. The van der Waals surface area contributed by atoms with Crippen LogP contribution >= 0.6 is 27.3 Å². The number of halogens is 1. The third-order valence-electron chi connectivity index (χ3n) is 2.52. The molecule has 0 bridgehead atoms. The van der Waals surface area contributed by atoms with Crippen LogP contribution in [0, 0.1) is 0 Å². The van der Waals surface area contributed by atoms with Gasteiger partial charge in [0.2, 0.25) is 5.91 Å². The van der Waals surface area contributed by atoms with Crippen LogP contribution in [0.1, 0.15) is 31.6 Å². The lowest BCUT2D eigenvalue weighted by atomic mass is 10.2. The molecule has 0 radical (unpaired) electrons. The standard InChI is InChI=1S/C12H19BrN2OS/c1-3-15(12(16)7-4-9(2)14)8-10-5-6-11(13)17-10/h5-6,9H,3-4,7-8,14H2,1-2H3. The van der Waals surface area contributed by atoms with Gasteiger partial charge < -0.3 is 10.6 Å². The Morgan fingerprint density at radius 3 is 2.76 bits per heavy atom. The minimum Gasteiger partial charge on any atom is -0.338 e. The SMILES string of the molecule is CCN(Cc1ccc(Br)s1)C(=O)CCC(C)N.